The molecule has 0 aliphatic carbocycles. The van der Waals surface area contributed by atoms with Gasteiger partial charge in [0.2, 0.25) is 0 Å². The lowest BCUT2D eigenvalue weighted by molar-refractivity contribution is -0.145. The molecule has 0 fully saturated rings. The first kappa shape index (κ1) is 12.0. The quantitative estimate of drug-likeness (QED) is 0.602. The summed E-state index contributed by atoms with van der Waals surface area (Å²) in [6, 6.07) is 0. The van der Waals surface area contributed by atoms with Gasteiger partial charge in [0.15, 0.2) is 0 Å². The number of carboxylic acids is 1. The molecule has 0 spiro atoms. The highest BCUT2D eigenvalue weighted by Crippen LogP contribution is 2.52. The second kappa shape index (κ2) is 3.79. The third-order valence-electron chi connectivity index (χ3n) is 1.17. The van der Waals surface area contributed by atoms with E-state index in [0.717, 1.165) is 0 Å². The molecule has 7 heteroatoms. The van der Waals surface area contributed by atoms with Crippen molar-refractivity contribution in [2.45, 2.75) is 13.8 Å². The average molecular weight is 214 g/mol. The standard InChI is InChI=1S/C5H11O5PS/c1-5(2,4(6)7)3-12-11(8,9)10/h3H2,1-2H3,(H,6,7)(H2,8,9,10). The Morgan fingerprint density at radius 1 is 1.50 bits per heavy atom. The van der Waals surface area contributed by atoms with Crippen molar-refractivity contribution in [3.8, 4) is 0 Å². The summed E-state index contributed by atoms with van der Waals surface area (Å²) in [5.74, 6) is -1.17. The van der Waals surface area contributed by atoms with Crippen molar-refractivity contribution < 1.29 is 24.3 Å². The van der Waals surface area contributed by atoms with E-state index in [9.17, 15) is 9.36 Å². The van der Waals surface area contributed by atoms with Gasteiger partial charge >= 0.3 is 12.8 Å². The first-order valence-corrected chi connectivity index (χ1v) is 6.29. The van der Waals surface area contributed by atoms with Crippen LogP contribution in [0.15, 0.2) is 0 Å². The number of carbonyl (C=O) groups is 1. The fraction of sp³-hybridized carbons (Fsp3) is 0.800. The largest absolute Gasteiger partial charge is 0.481 e. The monoisotopic (exact) mass is 214 g/mol. The van der Waals surface area contributed by atoms with Crippen molar-refractivity contribution in [3.05, 3.63) is 0 Å². The molecule has 0 rings (SSSR count). The predicted molar refractivity (Wildman–Crippen MR) is 45.9 cm³/mol. The molecule has 12 heavy (non-hydrogen) atoms. The Kier molecular flexibility index (Phi) is 3.78. The first-order chi connectivity index (χ1) is 5.15. The highest BCUT2D eigenvalue weighted by molar-refractivity contribution is 8.54. The van der Waals surface area contributed by atoms with Crippen LogP contribution in [0, 0.1) is 5.41 Å². The van der Waals surface area contributed by atoms with Gasteiger partial charge in [0.25, 0.3) is 0 Å². The molecule has 0 aliphatic heterocycles. The molecule has 0 unspecified atom stereocenters. The average Bonchev–Trinajstić information content (AvgIpc) is 1.82. The Morgan fingerprint density at radius 2 is 1.92 bits per heavy atom. The Labute approximate surface area is 74.1 Å². The maximum atomic E-state index is 10.5. The van der Waals surface area contributed by atoms with Gasteiger partial charge in [-0.2, -0.15) is 0 Å². The van der Waals surface area contributed by atoms with Crippen LogP contribution in [-0.4, -0.2) is 26.6 Å². The van der Waals surface area contributed by atoms with Crippen LogP contribution in [0.1, 0.15) is 13.8 Å². The molecule has 0 aliphatic rings. The van der Waals surface area contributed by atoms with Crippen molar-refractivity contribution in [3.63, 3.8) is 0 Å². The molecule has 0 aromatic heterocycles. The van der Waals surface area contributed by atoms with E-state index in [1.807, 2.05) is 0 Å². The van der Waals surface area contributed by atoms with E-state index in [1.165, 1.54) is 13.8 Å². The van der Waals surface area contributed by atoms with Gasteiger partial charge in [-0.3, -0.25) is 4.79 Å². The van der Waals surface area contributed by atoms with E-state index in [1.54, 1.807) is 0 Å². The molecule has 0 heterocycles. The minimum Gasteiger partial charge on any atom is -0.481 e. The number of hydrogen-bond donors (Lipinski definition) is 3. The smallest absolute Gasteiger partial charge is 0.384 e. The summed E-state index contributed by atoms with van der Waals surface area (Å²) in [6.45, 7) is -1.32. The molecule has 0 saturated heterocycles. The maximum Gasteiger partial charge on any atom is 0.384 e. The molecular formula is C5H11O5PS. The zero-order valence-electron chi connectivity index (χ0n) is 6.72. The molecule has 0 amide bonds. The fourth-order valence-electron chi connectivity index (χ4n) is 0.307. The van der Waals surface area contributed by atoms with E-state index >= 15 is 0 Å². The molecule has 0 bridgehead atoms. The van der Waals surface area contributed by atoms with Crippen LogP contribution < -0.4 is 0 Å². The van der Waals surface area contributed by atoms with Crippen molar-refractivity contribution >= 4 is 24.1 Å². The van der Waals surface area contributed by atoms with E-state index < -0.39 is 18.2 Å². The van der Waals surface area contributed by atoms with Gasteiger partial charge < -0.3 is 14.9 Å². The van der Waals surface area contributed by atoms with Gasteiger partial charge in [-0.15, -0.1) is 0 Å². The fourth-order valence-corrected chi connectivity index (χ4v) is 2.39. The topological polar surface area (TPSA) is 94.8 Å². The Morgan fingerprint density at radius 3 is 2.17 bits per heavy atom. The highest BCUT2D eigenvalue weighted by Gasteiger charge is 2.30. The van der Waals surface area contributed by atoms with Gasteiger partial charge in [-0.05, 0) is 25.2 Å². The summed E-state index contributed by atoms with van der Waals surface area (Å²) in [5.41, 5.74) is -1.11. The zero-order valence-corrected chi connectivity index (χ0v) is 8.43. The van der Waals surface area contributed by atoms with Gasteiger partial charge in [-0.25, -0.2) is 4.57 Å². The Hall–Kier alpha value is -0.0300. The molecule has 5 nitrogen and oxygen atoms in total. The second-order valence-electron chi connectivity index (χ2n) is 2.95. The third-order valence-corrected chi connectivity index (χ3v) is 3.76. The maximum absolute atomic E-state index is 10.5. The molecule has 0 saturated carbocycles. The van der Waals surface area contributed by atoms with Crippen molar-refractivity contribution in [1.82, 2.24) is 0 Å². The lowest BCUT2D eigenvalue weighted by Crippen LogP contribution is -2.26. The first-order valence-electron chi connectivity index (χ1n) is 3.09. The minimum atomic E-state index is -4.15. The van der Waals surface area contributed by atoms with Crippen molar-refractivity contribution in [2.24, 2.45) is 5.41 Å². The molecular weight excluding hydrogens is 203 g/mol. The second-order valence-corrected chi connectivity index (χ2v) is 6.68. The molecule has 72 valence electrons. The summed E-state index contributed by atoms with van der Waals surface area (Å²) >= 11 is 0.355. The normalized spacial score (nSPS) is 13.0. The van der Waals surface area contributed by atoms with Crippen LogP contribution in [-0.2, 0) is 9.36 Å². The molecule has 0 atom stereocenters. The number of aliphatic carboxylic acids is 1. The SMILES string of the molecule is CC(C)(CSP(=O)(O)O)C(=O)O. The summed E-state index contributed by atoms with van der Waals surface area (Å²) in [6.07, 6.45) is 0. The number of hydrogen-bond acceptors (Lipinski definition) is 3. The molecule has 0 radical (unpaired) electrons. The summed E-state index contributed by atoms with van der Waals surface area (Å²) < 4.78 is 10.4. The molecule has 3 N–H and O–H groups in total. The van der Waals surface area contributed by atoms with Gasteiger partial charge in [-0.1, -0.05) is 0 Å². The van der Waals surface area contributed by atoms with Crippen molar-refractivity contribution in [2.75, 3.05) is 5.75 Å². The van der Waals surface area contributed by atoms with Crippen molar-refractivity contribution in [1.29, 1.82) is 0 Å². The van der Waals surface area contributed by atoms with E-state index in [0.29, 0.717) is 11.4 Å². The zero-order chi connectivity index (χ0) is 9.99. The van der Waals surface area contributed by atoms with Crippen LogP contribution >= 0.6 is 18.2 Å². The summed E-state index contributed by atoms with van der Waals surface area (Å²) in [5, 5.41) is 8.57. The summed E-state index contributed by atoms with van der Waals surface area (Å²) in [4.78, 5) is 27.4. The predicted octanol–water partition coefficient (Wildman–Crippen LogP) is 0.923. The third kappa shape index (κ3) is 4.77. The van der Waals surface area contributed by atoms with Crippen LogP contribution in [0.4, 0.5) is 0 Å². The van der Waals surface area contributed by atoms with Gasteiger partial charge in [0.1, 0.15) is 0 Å². The Balaban J connectivity index is 4.10. The number of carboxylic acid groups (broad SMARTS) is 1. The van der Waals surface area contributed by atoms with Crippen LogP contribution in [0.5, 0.6) is 0 Å². The van der Waals surface area contributed by atoms with E-state index in [2.05, 4.69) is 0 Å². The Bertz CT molecular complexity index is 220. The lowest BCUT2D eigenvalue weighted by atomic mass is 9.97. The van der Waals surface area contributed by atoms with Crippen LogP contribution in [0.25, 0.3) is 0 Å². The van der Waals surface area contributed by atoms with Crippen LogP contribution in [0.3, 0.4) is 0 Å². The molecule has 0 aromatic carbocycles. The summed E-state index contributed by atoms with van der Waals surface area (Å²) in [7, 11) is 0. The molecule has 0 aromatic rings. The number of rotatable bonds is 4. The van der Waals surface area contributed by atoms with Crippen LogP contribution in [0.2, 0.25) is 0 Å². The minimum absolute atomic E-state index is 0.105. The van der Waals surface area contributed by atoms with E-state index in [4.69, 9.17) is 14.9 Å². The lowest BCUT2D eigenvalue weighted by Gasteiger charge is -2.17. The van der Waals surface area contributed by atoms with Gasteiger partial charge in [0, 0.05) is 5.75 Å². The van der Waals surface area contributed by atoms with Gasteiger partial charge in [0.05, 0.1) is 5.41 Å². The highest BCUT2D eigenvalue weighted by atomic mass is 32.7. The van der Waals surface area contributed by atoms with E-state index in [-0.39, 0.29) is 5.75 Å².